The molecule has 1 aromatic carbocycles. The SMILES string of the molecule is CCC[C@@H](C)NC(=O)[C@@H]1CCCC[C@@H]1NC(=O)c1cc2ccccc2n1C. The van der Waals surface area contributed by atoms with Gasteiger partial charge in [-0.15, -0.1) is 0 Å². The van der Waals surface area contributed by atoms with E-state index < -0.39 is 0 Å². The summed E-state index contributed by atoms with van der Waals surface area (Å²) in [6.45, 7) is 4.17. The van der Waals surface area contributed by atoms with Crippen molar-refractivity contribution in [3.8, 4) is 0 Å². The van der Waals surface area contributed by atoms with Gasteiger partial charge < -0.3 is 15.2 Å². The second-order valence-corrected chi connectivity index (χ2v) is 7.82. The maximum Gasteiger partial charge on any atom is 0.268 e. The van der Waals surface area contributed by atoms with E-state index in [1.807, 2.05) is 48.9 Å². The number of fused-ring (bicyclic) bond motifs is 1. The number of benzene rings is 1. The van der Waals surface area contributed by atoms with Gasteiger partial charge in [0.25, 0.3) is 5.91 Å². The van der Waals surface area contributed by atoms with Crippen LogP contribution in [-0.2, 0) is 11.8 Å². The number of para-hydroxylation sites is 1. The summed E-state index contributed by atoms with van der Waals surface area (Å²) in [5.41, 5.74) is 1.68. The molecule has 2 aromatic rings. The molecule has 1 aromatic heterocycles. The molecular weight excluding hydrogens is 338 g/mol. The molecule has 1 aliphatic rings. The third kappa shape index (κ3) is 4.34. The minimum Gasteiger partial charge on any atom is -0.353 e. The molecule has 5 heteroatoms. The van der Waals surface area contributed by atoms with Gasteiger partial charge in [-0.25, -0.2) is 0 Å². The van der Waals surface area contributed by atoms with Gasteiger partial charge in [-0.2, -0.15) is 0 Å². The van der Waals surface area contributed by atoms with E-state index in [4.69, 9.17) is 0 Å². The minimum atomic E-state index is -0.142. The summed E-state index contributed by atoms with van der Waals surface area (Å²) in [6.07, 6.45) is 5.81. The molecule has 3 rings (SSSR count). The Hall–Kier alpha value is -2.30. The number of hydrogen-bond donors (Lipinski definition) is 2. The number of nitrogens with one attached hydrogen (secondary N) is 2. The fourth-order valence-electron chi connectivity index (χ4n) is 4.22. The lowest BCUT2D eigenvalue weighted by molar-refractivity contribution is -0.127. The van der Waals surface area contributed by atoms with Crippen molar-refractivity contribution in [1.29, 1.82) is 0 Å². The van der Waals surface area contributed by atoms with Crippen LogP contribution in [0.15, 0.2) is 30.3 Å². The maximum absolute atomic E-state index is 12.9. The van der Waals surface area contributed by atoms with Gasteiger partial charge in [0.2, 0.25) is 5.91 Å². The Balaban J connectivity index is 1.72. The van der Waals surface area contributed by atoms with E-state index in [1.54, 1.807) is 0 Å². The average Bonchev–Trinajstić information content (AvgIpc) is 2.99. The first-order valence-corrected chi connectivity index (χ1v) is 10.2. The molecule has 1 aliphatic carbocycles. The van der Waals surface area contributed by atoms with Crippen LogP contribution in [0.4, 0.5) is 0 Å². The second-order valence-electron chi connectivity index (χ2n) is 7.82. The van der Waals surface area contributed by atoms with E-state index >= 15 is 0 Å². The summed E-state index contributed by atoms with van der Waals surface area (Å²) in [6, 6.07) is 9.98. The van der Waals surface area contributed by atoms with Crippen molar-refractivity contribution in [2.75, 3.05) is 0 Å². The van der Waals surface area contributed by atoms with E-state index in [-0.39, 0.29) is 29.8 Å². The van der Waals surface area contributed by atoms with Crippen molar-refractivity contribution >= 4 is 22.7 Å². The van der Waals surface area contributed by atoms with Crippen LogP contribution in [0.1, 0.15) is 62.9 Å². The highest BCUT2D eigenvalue weighted by Gasteiger charge is 2.33. The number of carbonyl (C=O) groups excluding carboxylic acids is 2. The summed E-state index contributed by atoms with van der Waals surface area (Å²) < 4.78 is 1.92. The van der Waals surface area contributed by atoms with Gasteiger partial charge in [0.05, 0.1) is 5.92 Å². The van der Waals surface area contributed by atoms with Crippen LogP contribution < -0.4 is 10.6 Å². The van der Waals surface area contributed by atoms with E-state index in [1.165, 1.54) is 0 Å². The van der Waals surface area contributed by atoms with E-state index in [0.29, 0.717) is 5.69 Å². The molecule has 0 bridgehead atoms. The van der Waals surface area contributed by atoms with E-state index in [2.05, 4.69) is 17.6 Å². The fraction of sp³-hybridized carbons (Fsp3) is 0.545. The van der Waals surface area contributed by atoms with E-state index in [9.17, 15) is 9.59 Å². The summed E-state index contributed by atoms with van der Waals surface area (Å²) in [4.78, 5) is 25.7. The van der Waals surface area contributed by atoms with Crippen molar-refractivity contribution in [1.82, 2.24) is 15.2 Å². The molecule has 0 aliphatic heterocycles. The molecule has 3 atom stereocenters. The lowest BCUT2D eigenvalue weighted by atomic mass is 9.83. The molecule has 5 nitrogen and oxygen atoms in total. The van der Waals surface area contributed by atoms with Gasteiger partial charge in [-0.1, -0.05) is 44.4 Å². The van der Waals surface area contributed by atoms with E-state index in [0.717, 1.165) is 49.4 Å². The smallest absolute Gasteiger partial charge is 0.268 e. The predicted molar refractivity (Wildman–Crippen MR) is 109 cm³/mol. The zero-order valence-corrected chi connectivity index (χ0v) is 16.6. The summed E-state index contributed by atoms with van der Waals surface area (Å²) in [5, 5.41) is 7.34. The third-order valence-electron chi connectivity index (χ3n) is 5.71. The molecule has 2 N–H and O–H groups in total. The fourth-order valence-corrected chi connectivity index (χ4v) is 4.22. The molecule has 27 heavy (non-hydrogen) atoms. The summed E-state index contributed by atoms with van der Waals surface area (Å²) in [7, 11) is 1.91. The largest absolute Gasteiger partial charge is 0.353 e. The summed E-state index contributed by atoms with van der Waals surface area (Å²) >= 11 is 0. The first-order valence-electron chi connectivity index (χ1n) is 10.2. The van der Waals surface area contributed by atoms with Crippen molar-refractivity contribution < 1.29 is 9.59 Å². The van der Waals surface area contributed by atoms with Gasteiger partial charge in [-0.05, 0) is 38.3 Å². The van der Waals surface area contributed by atoms with Crippen molar-refractivity contribution in [2.24, 2.45) is 13.0 Å². The maximum atomic E-state index is 12.9. The number of aromatic nitrogens is 1. The standard InChI is InChI=1S/C22H31N3O2/c1-4-9-15(2)23-21(26)17-11-6-7-12-18(17)24-22(27)20-14-16-10-5-8-13-19(16)25(20)3/h5,8,10,13-15,17-18H,4,6-7,9,11-12H2,1-3H3,(H,23,26)(H,24,27)/t15-,17-,18+/m1/s1. The first kappa shape index (κ1) is 19.5. The lowest BCUT2D eigenvalue weighted by Crippen LogP contribution is -2.50. The Morgan fingerprint density at radius 1 is 1.22 bits per heavy atom. The van der Waals surface area contributed by atoms with Crippen LogP contribution in [0.3, 0.4) is 0 Å². The van der Waals surface area contributed by atoms with Crippen LogP contribution in [0, 0.1) is 5.92 Å². The van der Waals surface area contributed by atoms with Crippen LogP contribution in [0.25, 0.3) is 10.9 Å². The highest BCUT2D eigenvalue weighted by molar-refractivity contribution is 5.99. The number of carbonyl (C=O) groups is 2. The molecule has 1 heterocycles. The molecule has 0 radical (unpaired) electrons. The zero-order valence-electron chi connectivity index (χ0n) is 16.6. The van der Waals surface area contributed by atoms with Crippen LogP contribution >= 0.6 is 0 Å². The Morgan fingerprint density at radius 2 is 1.96 bits per heavy atom. The predicted octanol–water partition coefficient (Wildman–Crippen LogP) is 3.77. The van der Waals surface area contributed by atoms with Crippen molar-refractivity contribution in [3.05, 3.63) is 36.0 Å². The van der Waals surface area contributed by atoms with Crippen molar-refractivity contribution in [3.63, 3.8) is 0 Å². The molecule has 0 unspecified atom stereocenters. The van der Waals surface area contributed by atoms with Crippen molar-refractivity contribution in [2.45, 2.75) is 64.5 Å². The minimum absolute atomic E-state index is 0.0815. The Kier molecular flexibility index (Phi) is 6.19. The molecule has 0 spiro atoms. The first-order chi connectivity index (χ1) is 13.0. The number of aryl methyl sites for hydroxylation is 1. The molecule has 146 valence electrons. The van der Waals surface area contributed by atoms with Crippen LogP contribution in [0.5, 0.6) is 0 Å². The number of nitrogens with zero attached hydrogens (tertiary/aromatic N) is 1. The Bertz CT molecular complexity index is 811. The third-order valence-corrected chi connectivity index (χ3v) is 5.71. The second kappa shape index (κ2) is 8.59. The average molecular weight is 370 g/mol. The van der Waals surface area contributed by atoms with Gasteiger partial charge in [0.1, 0.15) is 5.69 Å². The van der Waals surface area contributed by atoms with Gasteiger partial charge in [0.15, 0.2) is 0 Å². The monoisotopic (exact) mass is 369 g/mol. The Labute approximate surface area is 161 Å². The number of amides is 2. The number of rotatable bonds is 6. The normalized spacial score (nSPS) is 21.0. The van der Waals surface area contributed by atoms with Crippen LogP contribution in [-0.4, -0.2) is 28.5 Å². The highest BCUT2D eigenvalue weighted by atomic mass is 16.2. The molecule has 0 saturated heterocycles. The molecule has 1 saturated carbocycles. The van der Waals surface area contributed by atoms with Crippen LogP contribution in [0.2, 0.25) is 0 Å². The lowest BCUT2D eigenvalue weighted by Gasteiger charge is -2.32. The molecule has 1 fully saturated rings. The van der Waals surface area contributed by atoms with Gasteiger partial charge >= 0.3 is 0 Å². The summed E-state index contributed by atoms with van der Waals surface area (Å²) in [5.74, 6) is -0.158. The zero-order chi connectivity index (χ0) is 19.4. The van der Waals surface area contributed by atoms with Gasteiger partial charge in [-0.3, -0.25) is 9.59 Å². The topological polar surface area (TPSA) is 63.1 Å². The quantitative estimate of drug-likeness (QED) is 0.814. The molecule has 2 amide bonds. The number of hydrogen-bond acceptors (Lipinski definition) is 2. The van der Waals surface area contributed by atoms with Gasteiger partial charge in [0, 0.05) is 30.0 Å². The molecular formula is C22H31N3O2. The highest BCUT2D eigenvalue weighted by Crippen LogP contribution is 2.26. The Morgan fingerprint density at radius 3 is 2.70 bits per heavy atom.